The zero-order valence-corrected chi connectivity index (χ0v) is 10.8. The second kappa shape index (κ2) is 5.28. The monoisotopic (exact) mass is 284 g/mol. The number of carbonyl (C=O) groups is 1. The van der Waals surface area contributed by atoms with Gasteiger partial charge in [-0.2, -0.15) is 4.39 Å². The number of hydrogen-bond donors (Lipinski definition) is 1. The van der Waals surface area contributed by atoms with Gasteiger partial charge in [0, 0.05) is 10.9 Å². The van der Waals surface area contributed by atoms with Crippen LogP contribution in [0.3, 0.4) is 0 Å². The number of nitrogens with zero attached hydrogens (tertiary/aromatic N) is 1. The molecule has 3 rings (SSSR count). The highest BCUT2D eigenvalue weighted by molar-refractivity contribution is 6.12. The van der Waals surface area contributed by atoms with Gasteiger partial charge in [-0.3, -0.25) is 4.79 Å². The molecule has 0 spiro atoms. The summed E-state index contributed by atoms with van der Waals surface area (Å²) in [5, 5.41) is 3.35. The number of amides is 1. The SMILES string of the molecule is O=C(Nc1cccc(F)n1)c1ccc(F)c2ccccc12. The van der Waals surface area contributed by atoms with Crippen molar-refractivity contribution in [3.8, 4) is 0 Å². The number of carbonyl (C=O) groups excluding carboxylic acids is 1. The normalized spacial score (nSPS) is 10.6. The molecule has 1 heterocycles. The third-order valence-electron chi connectivity index (χ3n) is 3.07. The van der Waals surface area contributed by atoms with Gasteiger partial charge in [0.15, 0.2) is 0 Å². The third kappa shape index (κ3) is 2.58. The summed E-state index contributed by atoms with van der Waals surface area (Å²) in [6.45, 7) is 0. The van der Waals surface area contributed by atoms with Crippen molar-refractivity contribution in [2.24, 2.45) is 0 Å². The first-order chi connectivity index (χ1) is 10.1. The first-order valence-corrected chi connectivity index (χ1v) is 6.26. The van der Waals surface area contributed by atoms with Gasteiger partial charge in [-0.25, -0.2) is 9.37 Å². The van der Waals surface area contributed by atoms with Gasteiger partial charge in [0.2, 0.25) is 5.95 Å². The summed E-state index contributed by atoms with van der Waals surface area (Å²) >= 11 is 0. The fraction of sp³-hybridized carbons (Fsp3) is 0. The summed E-state index contributed by atoms with van der Waals surface area (Å²) < 4.78 is 26.7. The minimum atomic E-state index is -0.684. The fourth-order valence-corrected chi connectivity index (χ4v) is 2.12. The van der Waals surface area contributed by atoms with Gasteiger partial charge in [0.05, 0.1) is 0 Å². The molecule has 0 unspecified atom stereocenters. The van der Waals surface area contributed by atoms with Crippen LogP contribution < -0.4 is 5.32 Å². The number of aromatic nitrogens is 1. The molecule has 0 atom stereocenters. The Labute approximate surface area is 119 Å². The number of benzene rings is 2. The minimum absolute atomic E-state index is 0.105. The van der Waals surface area contributed by atoms with Crippen LogP contribution in [0.4, 0.5) is 14.6 Å². The second-order valence-corrected chi connectivity index (χ2v) is 4.44. The lowest BCUT2D eigenvalue weighted by molar-refractivity contribution is 0.102. The molecule has 21 heavy (non-hydrogen) atoms. The summed E-state index contributed by atoms with van der Waals surface area (Å²) in [6.07, 6.45) is 0. The number of anilines is 1. The van der Waals surface area contributed by atoms with Crippen LogP contribution in [0.1, 0.15) is 10.4 Å². The van der Waals surface area contributed by atoms with Gasteiger partial charge in [0.25, 0.3) is 5.91 Å². The molecule has 5 heteroatoms. The fourth-order valence-electron chi connectivity index (χ4n) is 2.12. The van der Waals surface area contributed by atoms with E-state index in [0.717, 1.165) is 0 Å². The lowest BCUT2D eigenvalue weighted by Crippen LogP contribution is -2.14. The highest BCUT2D eigenvalue weighted by Gasteiger charge is 2.13. The molecule has 3 nitrogen and oxygen atoms in total. The van der Waals surface area contributed by atoms with Crippen LogP contribution in [0, 0.1) is 11.8 Å². The van der Waals surface area contributed by atoms with Crippen LogP contribution in [0.5, 0.6) is 0 Å². The standard InChI is InChI=1S/C16H10F2N2O/c17-13-9-8-12(10-4-1-2-5-11(10)13)16(21)20-15-7-3-6-14(18)19-15/h1-9H,(H,19,20,21). The van der Waals surface area contributed by atoms with Crippen molar-refractivity contribution in [1.29, 1.82) is 0 Å². The van der Waals surface area contributed by atoms with Gasteiger partial charge in [-0.15, -0.1) is 0 Å². The van der Waals surface area contributed by atoms with Crippen LogP contribution in [-0.4, -0.2) is 10.9 Å². The van der Waals surface area contributed by atoms with Crippen LogP contribution in [0.15, 0.2) is 54.6 Å². The Morgan fingerprint density at radius 1 is 0.905 bits per heavy atom. The third-order valence-corrected chi connectivity index (χ3v) is 3.07. The molecule has 0 aliphatic rings. The molecule has 0 bridgehead atoms. The van der Waals surface area contributed by atoms with E-state index in [-0.39, 0.29) is 5.82 Å². The molecule has 2 aromatic carbocycles. The smallest absolute Gasteiger partial charge is 0.257 e. The number of hydrogen-bond acceptors (Lipinski definition) is 2. The summed E-state index contributed by atoms with van der Waals surface area (Å²) in [4.78, 5) is 15.8. The minimum Gasteiger partial charge on any atom is -0.306 e. The van der Waals surface area contributed by atoms with Crippen molar-refractivity contribution < 1.29 is 13.6 Å². The molecule has 0 aliphatic heterocycles. The Hall–Kier alpha value is -2.82. The lowest BCUT2D eigenvalue weighted by Gasteiger charge is -2.08. The van der Waals surface area contributed by atoms with Crippen LogP contribution >= 0.6 is 0 Å². The Morgan fingerprint density at radius 2 is 1.67 bits per heavy atom. The van der Waals surface area contributed by atoms with Gasteiger partial charge >= 0.3 is 0 Å². The summed E-state index contributed by atoms with van der Waals surface area (Å²) in [6, 6.07) is 13.4. The topological polar surface area (TPSA) is 42.0 Å². The Morgan fingerprint density at radius 3 is 2.43 bits per heavy atom. The maximum absolute atomic E-state index is 13.7. The predicted octanol–water partition coefficient (Wildman–Crippen LogP) is 3.77. The van der Waals surface area contributed by atoms with Crippen molar-refractivity contribution in [3.05, 3.63) is 71.9 Å². The zero-order chi connectivity index (χ0) is 14.8. The maximum Gasteiger partial charge on any atom is 0.257 e. The Kier molecular flexibility index (Phi) is 3.31. The molecule has 1 N–H and O–H groups in total. The molecular weight excluding hydrogens is 274 g/mol. The molecule has 104 valence electrons. The van der Waals surface area contributed by atoms with Gasteiger partial charge < -0.3 is 5.32 Å². The highest BCUT2D eigenvalue weighted by Crippen LogP contribution is 2.22. The van der Waals surface area contributed by atoms with Crippen molar-refractivity contribution in [2.45, 2.75) is 0 Å². The second-order valence-electron chi connectivity index (χ2n) is 4.44. The van der Waals surface area contributed by atoms with Crippen LogP contribution in [-0.2, 0) is 0 Å². The molecule has 1 amide bonds. The Bertz CT molecular complexity index is 833. The average molecular weight is 284 g/mol. The quantitative estimate of drug-likeness (QED) is 0.728. The molecule has 0 aliphatic carbocycles. The van der Waals surface area contributed by atoms with Crippen molar-refractivity contribution in [1.82, 2.24) is 4.98 Å². The van der Waals surface area contributed by atoms with Crippen molar-refractivity contribution in [2.75, 3.05) is 5.32 Å². The zero-order valence-electron chi connectivity index (χ0n) is 10.8. The number of nitrogens with one attached hydrogen (secondary N) is 1. The van der Waals surface area contributed by atoms with E-state index >= 15 is 0 Å². The first-order valence-electron chi connectivity index (χ1n) is 6.26. The molecule has 3 aromatic rings. The molecule has 0 saturated heterocycles. The van der Waals surface area contributed by atoms with Gasteiger partial charge in [-0.1, -0.05) is 30.3 Å². The van der Waals surface area contributed by atoms with Gasteiger partial charge in [-0.05, 0) is 29.7 Å². The number of fused-ring (bicyclic) bond motifs is 1. The number of pyridine rings is 1. The van der Waals surface area contributed by atoms with Crippen molar-refractivity contribution in [3.63, 3.8) is 0 Å². The summed E-state index contributed by atoms with van der Waals surface area (Å²) in [5.41, 5.74) is 0.304. The molecular formula is C16H10F2N2O. The molecule has 0 saturated carbocycles. The van der Waals surface area contributed by atoms with E-state index in [2.05, 4.69) is 10.3 Å². The van der Waals surface area contributed by atoms with E-state index in [1.807, 2.05) is 0 Å². The van der Waals surface area contributed by atoms with Crippen LogP contribution in [0.2, 0.25) is 0 Å². The van der Waals surface area contributed by atoms with E-state index < -0.39 is 17.7 Å². The van der Waals surface area contributed by atoms with E-state index in [1.165, 1.54) is 30.3 Å². The first kappa shape index (κ1) is 13.2. The summed E-state index contributed by atoms with van der Waals surface area (Å²) in [7, 11) is 0. The average Bonchev–Trinajstić information content (AvgIpc) is 2.48. The largest absolute Gasteiger partial charge is 0.306 e. The molecule has 1 aromatic heterocycles. The number of rotatable bonds is 2. The van der Waals surface area contributed by atoms with E-state index in [9.17, 15) is 13.6 Å². The van der Waals surface area contributed by atoms with Crippen molar-refractivity contribution >= 4 is 22.5 Å². The molecule has 0 fully saturated rings. The van der Waals surface area contributed by atoms with Gasteiger partial charge in [0.1, 0.15) is 11.6 Å². The van der Waals surface area contributed by atoms with Crippen LogP contribution in [0.25, 0.3) is 10.8 Å². The molecule has 0 radical (unpaired) electrons. The lowest BCUT2D eigenvalue weighted by atomic mass is 10.0. The van der Waals surface area contributed by atoms with E-state index in [4.69, 9.17) is 0 Å². The number of halogens is 2. The van der Waals surface area contributed by atoms with E-state index in [1.54, 1.807) is 24.3 Å². The summed E-state index contributed by atoms with van der Waals surface area (Å²) in [5.74, 6) is -1.44. The van der Waals surface area contributed by atoms with E-state index in [0.29, 0.717) is 16.3 Å². The highest BCUT2D eigenvalue weighted by atomic mass is 19.1. The predicted molar refractivity (Wildman–Crippen MR) is 76.1 cm³/mol. The Balaban J connectivity index is 2.01. The maximum atomic E-state index is 13.7.